The monoisotopic (exact) mass is 309 g/mol. The fourth-order valence-electron chi connectivity index (χ4n) is 2.82. The molecule has 4 N–H and O–H groups in total. The van der Waals surface area contributed by atoms with Crippen molar-refractivity contribution in [2.75, 3.05) is 17.0 Å². The summed E-state index contributed by atoms with van der Waals surface area (Å²) < 4.78 is 0. The van der Waals surface area contributed by atoms with Crippen LogP contribution in [0.1, 0.15) is 50.4 Å². The number of hydrazine groups is 1. The van der Waals surface area contributed by atoms with Gasteiger partial charge < -0.3 is 10.7 Å². The fourth-order valence-corrected chi connectivity index (χ4v) is 3.56. The van der Waals surface area contributed by atoms with E-state index in [-0.39, 0.29) is 0 Å². The first kappa shape index (κ1) is 16.4. The van der Waals surface area contributed by atoms with E-state index in [9.17, 15) is 0 Å². The molecule has 2 rings (SSSR count). The first-order valence-corrected chi connectivity index (χ1v) is 9.10. The zero-order valence-electron chi connectivity index (χ0n) is 13.3. The normalized spacial score (nSPS) is 22.1. The predicted molar refractivity (Wildman–Crippen MR) is 91.8 cm³/mol. The van der Waals surface area contributed by atoms with E-state index in [1.165, 1.54) is 25.7 Å². The van der Waals surface area contributed by atoms with E-state index >= 15 is 0 Å². The molecule has 0 radical (unpaired) electrons. The van der Waals surface area contributed by atoms with Gasteiger partial charge >= 0.3 is 0 Å². The molecule has 1 aliphatic carbocycles. The number of nitrogens with two attached hydrogens (primary N) is 1. The van der Waals surface area contributed by atoms with E-state index in [0.717, 1.165) is 41.1 Å². The minimum absolute atomic E-state index is 0.516. The molecule has 0 amide bonds. The zero-order valence-corrected chi connectivity index (χ0v) is 14.1. The van der Waals surface area contributed by atoms with E-state index < -0.39 is 0 Å². The molecular formula is C15H27N5S. The van der Waals surface area contributed by atoms with Crippen LogP contribution in [0.2, 0.25) is 0 Å². The van der Waals surface area contributed by atoms with Crippen molar-refractivity contribution < 1.29 is 0 Å². The molecule has 1 fully saturated rings. The Balaban J connectivity index is 2.09. The van der Waals surface area contributed by atoms with E-state index in [1.807, 2.05) is 18.7 Å². The van der Waals surface area contributed by atoms with Crippen LogP contribution in [0.25, 0.3) is 0 Å². The molecule has 0 unspecified atom stereocenters. The molecule has 1 saturated carbocycles. The Bertz CT molecular complexity index is 458. The van der Waals surface area contributed by atoms with E-state index in [1.54, 1.807) is 0 Å². The van der Waals surface area contributed by atoms with Gasteiger partial charge in [0, 0.05) is 23.3 Å². The highest BCUT2D eigenvalue weighted by Crippen LogP contribution is 2.29. The predicted octanol–water partition coefficient (Wildman–Crippen LogP) is 3.11. The third-order valence-electron chi connectivity index (χ3n) is 4.15. The van der Waals surface area contributed by atoms with Crippen molar-refractivity contribution in [2.24, 2.45) is 5.84 Å². The van der Waals surface area contributed by atoms with Gasteiger partial charge in [0.05, 0.1) is 0 Å². The van der Waals surface area contributed by atoms with Gasteiger partial charge in [0.2, 0.25) is 0 Å². The molecule has 0 spiro atoms. The molecular weight excluding hydrogens is 282 g/mol. The Morgan fingerprint density at radius 3 is 2.43 bits per heavy atom. The fraction of sp³-hybridized carbons (Fsp3) is 0.733. The van der Waals surface area contributed by atoms with Crippen molar-refractivity contribution in [1.29, 1.82) is 0 Å². The van der Waals surface area contributed by atoms with Crippen molar-refractivity contribution >= 4 is 23.4 Å². The summed E-state index contributed by atoms with van der Waals surface area (Å²) in [6.07, 6.45) is 9.11. The molecule has 1 aliphatic rings. The lowest BCUT2D eigenvalue weighted by Crippen LogP contribution is -2.28. The smallest absolute Gasteiger partial charge is 0.148 e. The number of anilines is 2. The second kappa shape index (κ2) is 7.84. The van der Waals surface area contributed by atoms with Crippen molar-refractivity contribution in [3.63, 3.8) is 0 Å². The van der Waals surface area contributed by atoms with Crippen molar-refractivity contribution in [3.05, 3.63) is 11.4 Å². The van der Waals surface area contributed by atoms with Crippen molar-refractivity contribution in [2.45, 2.75) is 63.7 Å². The van der Waals surface area contributed by atoms with Gasteiger partial charge in [-0.15, -0.1) is 0 Å². The highest BCUT2D eigenvalue weighted by atomic mass is 32.2. The highest BCUT2D eigenvalue weighted by Gasteiger charge is 2.21. The van der Waals surface area contributed by atoms with E-state index in [4.69, 9.17) is 5.84 Å². The highest BCUT2D eigenvalue weighted by molar-refractivity contribution is 7.99. The molecule has 1 heterocycles. The first-order chi connectivity index (χ1) is 10.2. The number of aryl methyl sites for hydroxylation is 1. The Kier molecular flexibility index (Phi) is 6.11. The second-order valence-electron chi connectivity index (χ2n) is 5.71. The summed E-state index contributed by atoms with van der Waals surface area (Å²) in [5.74, 6) is 8.11. The maximum absolute atomic E-state index is 5.58. The summed E-state index contributed by atoms with van der Waals surface area (Å²) in [5.41, 5.74) is 3.70. The Hall–Kier alpha value is -1.01. The average molecular weight is 309 g/mol. The van der Waals surface area contributed by atoms with Crippen LogP contribution in [-0.4, -0.2) is 27.5 Å². The SMILES string of the molecule is CCCc1nc(NN)c(C)c(NC2CCC(SC)CC2)n1. The number of nitrogens with one attached hydrogen (secondary N) is 2. The van der Waals surface area contributed by atoms with Crippen LogP contribution in [0, 0.1) is 6.92 Å². The van der Waals surface area contributed by atoms with E-state index in [2.05, 4.69) is 33.9 Å². The molecule has 0 saturated heterocycles. The number of hydrogen-bond acceptors (Lipinski definition) is 6. The van der Waals surface area contributed by atoms with Crippen LogP contribution in [-0.2, 0) is 6.42 Å². The van der Waals surface area contributed by atoms with Gasteiger partial charge in [0.1, 0.15) is 17.5 Å². The van der Waals surface area contributed by atoms with Gasteiger partial charge in [0.15, 0.2) is 0 Å². The number of aromatic nitrogens is 2. The summed E-state index contributed by atoms with van der Waals surface area (Å²) in [6.45, 7) is 4.15. The summed E-state index contributed by atoms with van der Waals surface area (Å²) >= 11 is 1.99. The van der Waals surface area contributed by atoms with Gasteiger partial charge in [-0.25, -0.2) is 15.8 Å². The quantitative estimate of drug-likeness (QED) is 0.554. The first-order valence-electron chi connectivity index (χ1n) is 7.81. The van der Waals surface area contributed by atoms with Gasteiger partial charge in [-0.05, 0) is 45.3 Å². The molecule has 0 aliphatic heterocycles. The number of nitrogens with zero attached hydrogens (tertiary/aromatic N) is 2. The average Bonchev–Trinajstić information content (AvgIpc) is 2.51. The molecule has 5 nitrogen and oxygen atoms in total. The third-order valence-corrected chi connectivity index (χ3v) is 5.29. The summed E-state index contributed by atoms with van der Waals surface area (Å²) in [5, 5.41) is 4.44. The Morgan fingerprint density at radius 2 is 1.86 bits per heavy atom. The van der Waals surface area contributed by atoms with Crippen LogP contribution in [0.3, 0.4) is 0 Å². The Labute approximate surface area is 131 Å². The Morgan fingerprint density at radius 1 is 1.19 bits per heavy atom. The number of nitrogen functional groups attached to an aromatic ring is 1. The van der Waals surface area contributed by atoms with Crippen molar-refractivity contribution in [3.8, 4) is 0 Å². The largest absolute Gasteiger partial charge is 0.367 e. The molecule has 0 bridgehead atoms. The molecule has 6 heteroatoms. The van der Waals surface area contributed by atoms with Gasteiger partial charge in [-0.1, -0.05) is 6.92 Å². The van der Waals surface area contributed by atoms with Gasteiger partial charge in [-0.2, -0.15) is 11.8 Å². The third kappa shape index (κ3) is 4.23. The lowest BCUT2D eigenvalue weighted by molar-refractivity contribution is 0.472. The van der Waals surface area contributed by atoms with Crippen LogP contribution < -0.4 is 16.6 Å². The molecule has 21 heavy (non-hydrogen) atoms. The topological polar surface area (TPSA) is 75.9 Å². The van der Waals surface area contributed by atoms with Crippen molar-refractivity contribution in [1.82, 2.24) is 9.97 Å². The van der Waals surface area contributed by atoms with Crippen LogP contribution in [0.5, 0.6) is 0 Å². The molecule has 1 aromatic heterocycles. The lowest BCUT2D eigenvalue weighted by Gasteiger charge is -2.29. The molecule has 0 atom stereocenters. The molecule has 0 aromatic carbocycles. The van der Waals surface area contributed by atoms with Gasteiger partial charge in [0.25, 0.3) is 0 Å². The number of thioether (sulfide) groups is 1. The second-order valence-corrected chi connectivity index (χ2v) is 6.85. The minimum atomic E-state index is 0.516. The van der Waals surface area contributed by atoms with E-state index in [0.29, 0.717) is 6.04 Å². The molecule has 118 valence electrons. The number of hydrogen-bond donors (Lipinski definition) is 3. The summed E-state index contributed by atoms with van der Waals surface area (Å²) in [4.78, 5) is 9.15. The molecule has 1 aromatic rings. The maximum atomic E-state index is 5.58. The zero-order chi connectivity index (χ0) is 15.2. The minimum Gasteiger partial charge on any atom is -0.367 e. The van der Waals surface area contributed by atoms with Crippen LogP contribution >= 0.6 is 11.8 Å². The maximum Gasteiger partial charge on any atom is 0.148 e. The number of rotatable bonds is 6. The van der Waals surface area contributed by atoms with Crippen LogP contribution in [0.4, 0.5) is 11.6 Å². The lowest BCUT2D eigenvalue weighted by atomic mass is 9.95. The summed E-state index contributed by atoms with van der Waals surface area (Å²) in [7, 11) is 0. The van der Waals surface area contributed by atoms with Gasteiger partial charge in [-0.3, -0.25) is 0 Å². The standard InChI is InChI=1S/C15H27N5S/c1-4-5-13-18-14(10(2)15(19-13)20-16)17-11-6-8-12(21-3)9-7-11/h11-12H,4-9,16H2,1-3H3,(H2,17,18,19,20). The van der Waals surface area contributed by atoms with Crippen LogP contribution in [0.15, 0.2) is 0 Å². The summed E-state index contributed by atoms with van der Waals surface area (Å²) in [6, 6.07) is 0.516.